The van der Waals surface area contributed by atoms with E-state index >= 15 is 0 Å². The van der Waals surface area contributed by atoms with Crippen LogP contribution >= 0.6 is 0 Å². The number of aliphatic hydroxyl groups excluding tert-OH is 1. The van der Waals surface area contributed by atoms with Gasteiger partial charge in [0.25, 0.3) is 11.7 Å². The number of carboxylic acids is 1. The van der Waals surface area contributed by atoms with Crippen molar-refractivity contribution in [2.75, 3.05) is 12.0 Å². The molecule has 190 valence electrons. The maximum atomic E-state index is 13.5. The highest BCUT2D eigenvalue weighted by molar-refractivity contribution is 6.51. The number of hydrogen-bond acceptors (Lipinski definition) is 5. The van der Waals surface area contributed by atoms with E-state index in [2.05, 4.69) is 0 Å². The zero-order valence-corrected chi connectivity index (χ0v) is 21.2. The van der Waals surface area contributed by atoms with Gasteiger partial charge < -0.3 is 14.9 Å². The van der Waals surface area contributed by atoms with Gasteiger partial charge in [-0.2, -0.15) is 0 Å². The second-order valence-corrected chi connectivity index (χ2v) is 9.98. The minimum absolute atomic E-state index is 0.0461. The summed E-state index contributed by atoms with van der Waals surface area (Å²) in [5.41, 5.74) is 2.59. The first-order chi connectivity index (χ1) is 17.5. The fourth-order valence-electron chi connectivity index (χ4n) is 4.50. The van der Waals surface area contributed by atoms with Crippen molar-refractivity contribution in [2.45, 2.75) is 38.6 Å². The third kappa shape index (κ3) is 4.98. The van der Waals surface area contributed by atoms with Crippen molar-refractivity contribution in [2.24, 2.45) is 0 Å². The first-order valence-corrected chi connectivity index (χ1v) is 11.9. The predicted molar refractivity (Wildman–Crippen MR) is 141 cm³/mol. The monoisotopic (exact) mass is 499 g/mol. The summed E-state index contributed by atoms with van der Waals surface area (Å²) in [6.07, 6.45) is -0.162. The number of Topliss-reactive ketones (excluding diaryl/α,β-unsaturated/α-hetero) is 1. The largest absolute Gasteiger partial charge is 0.507 e. The van der Waals surface area contributed by atoms with Gasteiger partial charge in [-0.3, -0.25) is 19.3 Å². The number of anilines is 1. The van der Waals surface area contributed by atoms with E-state index < -0.39 is 23.7 Å². The molecule has 0 bridgehead atoms. The number of nitrogens with zero attached hydrogens (tertiary/aromatic N) is 1. The SMILES string of the molecule is COc1ccc(C(C)(C)C)cc1/C(O)=C1\C(=O)C(=O)N(c2ccc(CC(=O)O)cc2)C1c1ccccc1. The molecule has 7 nitrogen and oxygen atoms in total. The third-order valence-corrected chi connectivity index (χ3v) is 6.45. The summed E-state index contributed by atoms with van der Waals surface area (Å²) in [6, 6.07) is 20.0. The Bertz CT molecular complexity index is 1380. The van der Waals surface area contributed by atoms with Crippen LogP contribution in [0, 0.1) is 0 Å². The molecule has 3 aromatic carbocycles. The molecule has 0 radical (unpaired) electrons. The molecule has 1 fully saturated rings. The third-order valence-electron chi connectivity index (χ3n) is 6.45. The summed E-state index contributed by atoms with van der Waals surface area (Å²) in [5.74, 6) is -2.51. The normalized spacial score (nSPS) is 17.2. The van der Waals surface area contributed by atoms with Crippen molar-refractivity contribution < 1.29 is 29.3 Å². The predicted octanol–water partition coefficient (Wildman–Crippen LogP) is 5.25. The van der Waals surface area contributed by atoms with E-state index in [9.17, 15) is 19.5 Å². The first-order valence-electron chi connectivity index (χ1n) is 11.9. The highest BCUT2D eigenvalue weighted by atomic mass is 16.5. The molecule has 4 rings (SSSR count). The van der Waals surface area contributed by atoms with Crippen LogP contribution in [-0.2, 0) is 26.2 Å². The molecule has 0 spiro atoms. The minimum Gasteiger partial charge on any atom is -0.507 e. The zero-order valence-electron chi connectivity index (χ0n) is 21.2. The fourth-order valence-corrected chi connectivity index (χ4v) is 4.50. The first kappa shape index (κ1) is 25.7. The average molecular weight is 500 g/mol. The van der Waals surface area contributed by atoms with Crippen LogP contribution < -0.4 is 9.64 Å². The molecule has 1 aliphatic heterocycles. The van der Waals surface area contributed by atoms with Crippen LogP contribution in [0.3, 0.4) is 0 Å². The van der Waals surface area contributed by atoms with Crippen LogP contribution in [-0.4, -0.2) is 35.0 Å². The zero-order chi connectivity index (χ0) is 26.9. The number of hydrogen-bond donors (Lipinski definition) is 2. The number of carboxylic acid groups (broad SMARTS) is 1. The van der Waals surface area contributed by atoms with Crippen molar-refractivity contribution in [1.82, 2.24) is 0 Å². The van der Waals surface area contributed by atoms with Crippen LogP contribution in [0.2, 0.25) is 0 Å². The number of carbonyl (C=O) groups is 3. The van der Waals surface area contributed by atoms with E-state index in [0.717, 1.165) is 5.56 Å². The molecule has 1 atom stereocenters. The van der Waals surface area contributed by atoms with Gasteiger partial charge in [-0.05, 0) is 46.4 Å². The Labute approximate surface area is 215 Å². The molecule has 1 saturated heterocycles. The van der Waals surface area contributed by atoms with Crippen molar-refractivity contribution >= 4 is 29.1 Å². The summed E-state index contributed by atoms with van der Waals surface area (Å²) >= 11 is 0. The molecular formula is C30H29NO6. The summed E-state index contributed by atoms with van der Waals surface area (Å²) in [5, 5.41) is 20.7. The molecular weight excluding hydrogens is 470 g/mol. The van der Waals surface area contributed by atoms with Crippen LogP contribution in [0.5, 0.6) is 5.75 Å². The van der Waals surface area contributed by atoms with E-state index in [1.807, 2.05) is 32.9 Å². The number of rotatable bonds is 6. The number of ketones is 1. The van der Waals surface area contributed by atoms with E-state index in [1.54, 1.807) is 60.7 Å². The maximum absolute atomic E-state index is 13.5. The summed E-state index contributed by atoms with van der Waals surface area (Å²) < 4.78 is 5.50. The summed E-state index contributed by atoms with van der Waals surface area (Å²) in [7, 11) is 1.48. The minimum atomic E-state index is -0.969. The second-order valence-electron chi connectivity index (χ2n) is 9.98. The van der Waals surface area contributed by atoms with Crippen molar-refractivity contribution in [3.05, 3.63) is 101 Å². The van der Waals surface area contributed by atoms with Gasteiger partial charge in [0.2, 0.25) is 0 Å². The maximum Gasteiger partial charge on any atom is 0.307 e. The number of amides is 1. The molecule has 2 N–H and O–H groups in total. The Balaban J connectivity index is 1.92. The highest BCUT2D eigenvalue weighted by Gasteiger charge is 2.47. The number of aliphatic hydroxyl groups is 1. The lowest BCUT2D eigenvalue weighted by atomic mass is 9.85. The van der Waals surface area contributed by atoms with Gasteiger partial charge in [0.05, 0.1) is 30.7 Å². The molecule has 3 aromatic rings. The lowest BCUT2D eigenvalue weighted by Crippen LogP contribution is -2.29. The van der Waals surface area contributed by atoms with Gasteiger partial charge in [0.1, 0.15) is 11.5 Å². The standard InChI is InChI=1S/C30H29NO6/c1-30(2,3)20-12-15-23(37-4)22(17-20)27(34)25-26(19-8-6-5-7-9-19)31(29(36)28(25)35)21-13-10-18(11-14-21)16-24(32)33/h5-15,17,26,34H,16H2,1-4H3,(H,32,33)/b27-25+. The quantitative estimate of drug-likeness (QED) is 0.273. The fraction of sp³-hybridized carbons (Fsp3) is 0.233. The van der Waals surface area contributed by atoms with E-state index in [1.165, 1.54) is 12.0 Å². The van der Waals surface area contributed by atoms with E-state index in [-0.39, 0.29) is 23.2 Å². The number of ether oxygens (including phenoxy) is 1. The molecule has 1 aliphatic rings. The highest BCUT2D eigenvalue weighted by Crippen LogP contribution is 2.43. The van der Waals surface area contributed by atoms with Gasteiger partial charge in [-0.15, -0.1) is 0 Å². The van der Waals surface area contributed by atoms with E-state index in [4.69, 9.17) is 9.84 Å². The number of carbonyl (C=O) groups excluding carboxylic acids is 2. The Kier molecular flexibility index (Phi) is 6.90. The smallest absolute Gasteiger partial charge is 0.307 e. The number of aliphatic carboxylic acids is 1. The molecule has 7 heteroatoms. The molecule has 0 saturated carbocycles. The molecule has 0 aromatic heterocycles. The second kappa shape index (κ2) is 9.93. The Hall–Kier alpha value is -4.39. The van der Waals surface area contributed by atoms with Crippen LogP contribution in [0.4, 0.5) is 5.69 Å². The van der Waals surface area contributed by atoms with Gasteiger partial charge in [-0.25, -0.2) is 0 Å². The van der Waals surface area contributed by atoms with E-state index in [0.29, 0.717) is 28.1 Å². The van der Waals surface area contributed by atoms with Crippen LogP contribution in [0.15, 0.2) is 78.4 Å². The average Bonchev–Trinajstić information content (AvgIpc) is 3.13. The Morgan fingerprint density at radius 3 is 2.16 bits per heavy atom. The van der Waals surface area contributed by atoms with Crippen molar-refractivity contribution in [1.29, 1.82) is 0 Å². The lowest BCUT2D eigenvalue weighted by molar-refractivity contribution is -0.136. The number of methoxy groups -OCH3 is 1. The van der Waals surface area contributed by atoms with Crippen LogP contribution in [0.25, 0.3) is 5.76 Å². The molecule has 37 heavy (non-hydrogen) atoms. The summed E-state index contributed by atoms with van der Waals surface area (Å²) in [6.45, 7) is 6.11. The van der Waals surface area contributed by atoms with Gasteiger partial charge >= 0.3 is 5.97 Å². The van der Waals surface area contributed by atoms with Crippen molar-refractivity contribution in [3.63, 3.8) is 0 Å². The van der Waals surface area contributed by atoms with Crippen LogP contribution in [0.1, 0.15) is 49.1 Å². The van der Waals surface area contributed by atoms with Crippen molar-refractivity contribution in [3.8, 4) is 5.75 Å². The molecule has 1 unspecified atom stereocenters. The molecule has 0 aliphatic carbocycles. The summed E-state index contributed by atoms with van der Waals surface area (Å²) in [4.78, 5) is 39.3. The Morgan fingerprint density at radius 1 is 0.946 bits per heavy atom. The number of benzene rings is 3. The lowest BCUT2D eigenvalue weighted by Gasteiger charge is -2.26. The van der Waals surface area contributed by atoms with Gasteiger partial charge in [0, 0.05) is 5.69 Å². The molecule has 1 heterocycles. The van der Waals surface area contributed by atoms with Gasteiger partial charge in [-0.1, -0.05) is 69.3 Å². The molecule has 1 amide bonds. The van der Waals surface area contributed by atoms with Gasteiger partial charge in [0.15, 0.2) is 0 Å². The topological polar surface area (TPSA) is 104 Å². The Morgan fingerprint density at radius 2 is 1.59 bits per heavy atom.